The zero-order valence-electron chi connectivity index (χ0n) is 14.7. The molecule has 0 bridgehead atoms. The maximum absolute atomic E-state index is 14.6. The van der Waals surface area contributed by atoms with Crippen molar-refractivity contribution >= 4 is 32.5 Å². The molecule has 0 spiro atoms. The van der Waals surface area contributed by atoms with Gasteiger partial charge >= 0.3 is 10.1 Å². The number of nitrogens with two attached hydrogens (primary N) is 1. The quantitative estimate of drug-likeness (QED) is 0.540. The molecule has 1 amide bonds. The minimum atomic E-state index is -3.80. The summed E-state index contributed by atoms with van der Waals surface area (Å²) >= 11 is 0. The van der Waals surface area contributed by atoms with Crippen molar-refractivity contribution in [2.75, 3.05) is 24.7 Å². The maximum atomic E-state index is 14.6. The van der Waals surface area contributed by atoms with E-state index in [0.29, 0.717) is 16.6 Å². The van der Waals surface area contributed by atoms with E-state index >= 15 is 0 Å². The molecule has 1 aliphatic heterocycles. The molecule has 146 valence electrons. The lowest BCUT2D eigenvalue weighted by atomic mass is 9.96. The molecule has 0 saturated heterocycles. The fraction of sp³-hybridized carbons (Fsp3) is 0.167. The molecule has 0 atom stereocenters. The van der Waals surface area contributed by atoms with E-state index in [0.717, 1.165) is 6.26 Å². The number of benzene rings is 2. The van der Waals surface area contributed by atoms with E-state index in [4.69, 9.17) is 14.7 Å². The molecule has 10 heteroatoms. The summed E-state index contributed by atoms with van der Waals surface area (Å²) in [5, 5.41) is 3.20. The Bertz CT molecular complexity index is 1220. The number of aromatic amines is 1. The predicted octanol–water partition coefficient (Wildman–Crippen LogP) is 2.22. The molecular weight excluding hydrogens is 389 g/mol. The summed E-state index contributed by atoms with van der Waals surface area (Å²) in [5.74, 6) is -0.782. The van der Waals surface area contributed by atoms with Crippen molar-refractivity contribution in [3.8, 4) is 22.8 Å². The number of nitrogens with one attached hydrogen (secondary N) is 2. The Labute approximate surface area is 159 Å². The minimum Gasteiger partial charge on any atom is -0.491 e. The minimum absolute atomic E-state index is 0.0144. The number of ether oxygens (including phenoxy) is 1. The lowest BCUT2D eigenvalue weighted by Gasteiger charge is -2.14. The van der Waals surface area contributed by atoms with Gasteiger partial charge in [-0.1, -0.05) is 0 Å². The number of carbonyl (C=O) groups excluding carboxylic acids is 1. The number of hydrogen-bond acceptors (Lipinski definition) is 6. The lowest BCUT2D eigenvalue weighted by molar-refractivity contribution is 0.103. The van der Waals surface area contributed by atoms with Crippen LogP contribution in [0.5, 0.6) is 11.5 Å². The number of anilines is 1. The number of rotatable bonds is 6. The van der Waals surface area contributed by atoms with Gasteiger partial charge in [-0.2, -0.15) is 8.42 Å². The summed E-state index contributed by atoms with van der Waals surface area (Å²) < 4.78 is 48.4. The third-order valence-electron chi connectivity index (χ3n) is 4.27. The van der Waals surface area contributed by atoms with Crippen molar-refractivity contribution in [3.05, 3.63) is 41.8 Å². The molecular formula is C18H16FN3O5S. The van der Waals surface area contributed by atoms with Crippen molar-refractivity contribution in [3.63, 3.8) is 0 Å². The summed E-state index contributed by atoms with van der Waals surface area (Å²) in [6.07, 6.45) is 2.39. The summed E-state index contributed by atoms with van der Waals surface area (Å²) in [4.78, 5) is 15.5. The first kappa shape index (κ1) is 18.3. The van der Waals surface area contributed by atoms with Crippen molar-refractivity contribution in [2.45, 2.75) is 0 Å². The van der Waals surface area contributed by atoms with E-state index in [1.54, 1.807) is 0 Å². The first-order valence-electron chi connectivity index (χ1n) is 8.31. The first-order chi connectivity index (χ1) is 13.3. The molecule has 1 aromatic heterocycles. The third-order valence-corrected chi connectivity index (χ3v) is 4.75. The van der Waals surface area contributed by atoms with E-state index < -0.39 is 21.8 Å². The molecule has 8 nitrogen and oxygen atoms in total. The molecule has 0 radical (unpaired) electrons. The fourth-order valence-corrected chi connectivity index (χ4v) is 3.76. The van der Waals surface area contributed by atoms with Gasteiger partial charge in [0, 0.05) is 29.8 Å². The van der Waals surface area contributed by atoms with Crippen LogP contribution in [0.15, 0.2) is 30.5 Å². The van der Waals surface area contributed by atoms with Gasteiger partial charge in [0.25, 0.3) is 5.91 Å². The van der Waals surface area contributed by atoms with E-state index in [2.05, 4.69) is 10.3 Å². The molecule has 2 heterocycles. The van der Waals surface area contributed by atoms with Crippen LogP contribution in [-0.4, -0.2) is 38.7 Å². The van der Waals surface area contributed by atoms with Gasteiger partial charge in [0.1, 0.15) is 18.2 Å². The average Bonchev–Trinajstić information content (AvgIpc) is 3.20. The monoisotopic (exact) mass is 405 g/mol. The van der Waals surface area contributed by atoms with Crippen LogP contribution in [0.2, 0.25) is 0 Å². The van der Waals surface area contributed by atoms with E-state index in [1.165, 1.54) is 30.5 Å². The SMILES string of the molecule is CS(=O)(=O)Oc1cc[nH]c1-c1cc(OCCN)c2c(F)ccc3c2c1C(=O)N3. The van der Waals surface area contributed by atoms with Crippen LogP contribution in [0.1, 0.15) is 10.4 Å². The molecule has 1 aliphatic rings. The van der Waals surface area contributed by atoms with Gasteiger partial charge in [-0.05, 0) is 18.2 Å². The molecule has 0 fully saturated rings. The summed E-state index contributed by atoms with van der Waals surface area (Å²) in [6.45, 7) is 0.346. The second-order valence-corrected chi connectivity index (χ2v) is 7.81. The Hall–Kier alpha value is -3.11. The van der Waals surface area contributed by atoms with Crippen LogP contribution in [-0.2, 0) is 10.1 Å². The Balaban J connectivity index is 2.03. The zero-order valence-corrected chi connectivity index (χ0v) is 15.5. The highest BCUT2D eigenvalue weighted by Crippen LogP contribution is 2.46. The topological polar surface area (TPSA) is 124 Å². The largest absolute Gasteiger partial charge is 0.491 e. The van der Waals surface area contributed by atoms with Crippen molar-refractivity contribution in [1.29, 1.82) is 0 Å². The summed E-state index contributed by atoms with van der Waals surface area (Å²) in [7, 11) is -3.80. The number of carbonyl (C=O) groups is 1. The van der Waals surface area contributed by atoms with E-state index in [1.807, 2.05) is 0 Å². The Morgan fingerprint density at radius 1 is 1.18 bits per heavy atom. The van der Waals surface area contributed by atoms with Crippen LogP contribution < -0.4 is 20.0 Å². The predicted molar refractivity (Wildman–Crippen MR) is 102 cm³/mol. The van der Waals surface area contributed by atoms with Crippen molar-refractivity contribution in [2.24, 2.45) is 5.73 Å². The van der Waals surface area contributed by atoms with Crippen molar-refractivity contribution < 1.29 is 26.5 Å². The molecule has 2 aromatic carbocycles. The average molecular weight is 405 g/mol. The smallest absolute Gasteiger partial charge is 0.306 e. The van der Waals surface area contributed by atoms with Gasteiger partial charge in [0.05, 0.1) is 28.6 Å². The number of halogens is 1. The summed E-state index contributed by atoms with van der Waals surface area (Å²) in [6, 6.07) is 5.61. The molecule has 0 saturated carbocycles. The zero-order chi connectivity index (χ0) is 20.1. The van der Waals surface area contributed by atoms with Crippen LogP contribution in [0.4, 0.5) is 10.1 Å². The number of aromatic nitrogens is 1. The molecule has 4 rings (SSSR count). The summed E-state index contributed by atoms with van der Waals surface area (Å²) in [5.41, 5.74) is 6.72. The van der Waals surface area contributed by atoms with Gasteiger partial charge in [-0.3, -0.25) is 4.79 Å². The van der Waals surface area contributed by atoms with Crippen LogP contribution in [0.3, 0.4) is 0 Å². The van der Waals surface area contributed by atoms with E-state index in [-0.39, 0.29) is 41.3 Å². The molecule has 0 unspecified atom stereocenters. The normalized spacial score (nSPS) is 13.0. The second-order valence-electron chi connectivity index (χ2n) is 6.24. The van der Waals surface area contributed by atoms with Gasteiger partial charge in [0.15, 0.2) is 5.75 Å². The molecule has 4 N–H and O–H groups in total. The van der Waals surface area contributed by atoms with Gasteiger partial charge < -0.3 is 25.0 Å². The fourth-order valence-electron chi connectivity index (χ4n) is 3.29. The Morgan fingerprint density at radius 3 is 2.68 bits per heavy atom. The number of H-pyrrole nitrogens is 1. The third kappa shape index (κ3) is 2.96. The molecule has 0 aliphatic carbocycles. The van der Waals surface area contributed by atoms with E-state index in [9.17, 15) is 17.6 Å². The highest BCUT2D eigenvalue weighted by atomic mass is 32.2. The number of hydrogen-bond donors (Lipinski definition) is 3. The highest BCUT2D eigenvalue weighted by Gasteiger charge is 2.31. The molecule has 3 aromatic rings. The molecule has 28 heavy (non-hydrogen) atoms. The first-order valence-corrected chi connectivity index (χ1v) is 10.1. The standard InChI is InChI=1S/C18H16FN3O5S/c1-28(24,25)27-12-4-6-21-17(12)9-8-13(26-7-5-20)15-10(19)2-3-11-16(15)14(9)18(23)22-11/h2-4,6,8,21H,5,7,20H2,1H3,(H,22,23). The van der Waals surface area contributed by atoms with Crippen molar-refractivity contribution in [1.82, 2.24) is 4.98 Å². The van der Waals surface area contributed by atoms with Gasteiger partial charge in [-0.25, -0.2) is 4.39 Å². The van der Waals surface area contributed by atoms with Crippen LogP contribution in [0.25, 0.3) is 22.0 Å². The maximum Gasteiger partial charge on any atom is 0.306 e. The highest BCUT2D eigenvalue weighted by molar-refractivity contribution is 7.86. The van der Waals surface area contributed by atoms with Crippen LogP contribution in [0, 0.1) is 5.82 Å². The lowest BCUT2D eigenvalue weighted by Crippen LogP contribution is -2.12. The number of amides is 1. The Morgan fingerprint density at radius 2 is 1.96 bits per heavy atom. The van der Waals surface area contributed by atoms with Gasteiger partial charge in [0.2, 0.25) is 0 Å². The second kappa shape index (κ2) is 6.50. The Kier molecular flexibility index (Phi) is 4.24. The van der Waals surface area contributed by atoms with Gasteiger partial charge in [-0.15, -0.1) is 0 Å². The van der Waals surface area contributed by atoms with Crippen LogP contribution >= 0.6 is 0 Å².